The van der Waals surface area contributed by atoms with E-state index in [1.165, 1.54) is 12.8 Å². The number of tetrazole rings is 1. The zero-order chi connectivity index (χ0) is 23.5. The third-order valence-corrected chi connectivity index (χ3v) is 7.28. The van der Waals surface area contributed by atoms with Gasteiger partial charge in [0.25, 0.3) is 5.56 Å². The maximum Gasteiger partial charge on any atom is 0.252 e. The minimum Gasteiger partial charge on any atom is -0.497 e. The second-order valence-corrected chi connectivity index (χ2v) is 9.49. The average molecular weight is 467 g/mol. The SMILES string of the molecule is CC[C@@H](c1nnnn1C1CCCC1)N(Cc1cc2cc(OC)ccc2[nH]c1=O)C[C@@H]1CCCO1. The molecule has 34 heavy (non-hydrogen) atoms. The number of benzene rings is 1. The van der Waals surface area contributed by atoms with Gasteiger partial charge < -0.3 is 14.5 Å². The Labute approximate surface area is 199 Å². The van der Waals surface area contributed by atoms with Gasteiger partial charge in [0.15, 0.2) is 5.82 Å². The smallest absolute Gasteiger partial charge is 0.252 e. The Morgan fingerprint density at radius 3 is 2.82 bits per heavy atom. The van der Waals surface area contributed by atoms with Gasteiger partial charge in [0.2, 0.25) is 0 Å². The molecule has 0 unspecified atom stereocenters. The first-order chi connectivity index (χ1) is 16.7. The topological polar surface area (TPSA) is 98.2 Å². The van der Waals surface area contributed by atoms with Crippen molar-refractivity contribution in [3.05, 3.63) is 46.0 Å². The van der Waals surface area contributed by atoms with Crippen molar-refractivity contribution in [2.75, 3.05) is 20.3 Å². The molecule has 0 bridgehead atoms. The number of aromatic amines is 1. The number of hydrogen-bond donors (Lipinski definition) is 1. The number of hydrogen-bond acceptors (Lipinski definition) is 7. The molecular weight excluding hydrogens is 432 g/mol. The maximum atomic E-state index is 13.0. The van der Waals surface area contributed by atoms with E-state index in [2.05, 4.69) is 32.3 Å². The summed E-state index contributed by atoms with van der Waals surface area (Å²) in [5.41, 5.74) is 1.45. The van der Waals surface area contributed by atoms with Gasteiger partial charge in [-0.2, -0.15) is 0 Å². The van der Waals surface area contributed by atoms with Gasteiger partial charge in [0, 0.05) is 36.2 Å². The predicted octanol–water partition coefficient (Wildman–Crippen LogP) is 3.77. The highest BCUT2D eigenvalue weighted by Gasteiger charge is 2.31. The van der Waals surface area contributed by atoms with Crippen LogP contribution >= 0.6 is 0 Å². The molecule has 5 rings (SSSR count). The molecule has 0 radical (unpaired) electrons. The van der Waals surface area contributed by atoms with Crippen LogP contribution in [0.3, 0.4) is 0 Å². The van der Waals surface area contributed by atoms with E-state index in [-0.39, 0.29) is 17.7 Å². The largest absolute Gasteiger partial charge is 0.497 e. The van der Waals surface area contributed by atoms with Gasteiger partial charge in [0.1, 0.15) is 5.75 Å². The molecule has 9 nitrogen and oxygen atoms in total. The molecule has 2 aliphatic rings. The fourth-order valence-electron chi connectivity index (χ4n) is 5.48. The fraction of sp³-hybridized carbons (Fsp3) is 0.600. The standard InChI is InChI=1S/C25H34N6O3/c1-3-23(24-27-28-29-31(24)19-7-4-5-8-19)30(16-21-9-6-12-34-21)15-18-13-17-14-20(33-2)10-11-22(17)26-25(18)32/h10-11,13-14,19,21,23H,3-9,12,15-16H2,1-2H3,(H,26,32)/t21-,23-/m0/s1. The Kier molecular flexibility index (Phi) is 6.92. The summed E-state index contributed by atoms with van der Waals surface area (Å²) in [7, 11) is 1.65. The summed E-state index contributed by atoms with van der Waals surface area (Å²) in [4.78, 5) is 18.4. The Bertz CT molecular complexity index is 1160. The fourth-order valence-corrected chi connectivity index (χ4v) is 5.48. The van der Waals surface area contributed by atoms with Crippen LogP contribution in [0.1, 0.15) is 75.3 Å². The number of H-pyrrole nitrogens is 1. The number of nitrogens with zero attached hydrogens (tertiary/aromatic N) is 5. The second-order valence-electron chi connectivity index (χ2n) is 9.49. The van der Waals surface area contributed by atoms with E-state index < -0.39 is 0 Å². The van der Waals surface area contributed by atoms with Crippen molar-refractivity contribution in [1.82, 2.24) is 30.1 Å². The molecule has 0 spiro atoms. The third kappa shape index (κ3) is 4.72. The van der Waals surface area contributed by atoms with Gasteiger partial charge >= 0.3 is 0 Å². The van der Waals surface area contributed by atoms with Gasteiger partial charge in [-0.15, -0.1) is 5.10 Å². The lowest BCUT2D eigenvalue weighted by Crippen LogP contribution is -2.38. The summed E-state index contributed by atoms with van der Waals surface area (Å²) in [5.74, 6) is 1.66. The summed E-state index contributed by atoms with van der Waals surface area (Å²) >= 11 is 0. The molecule has 1 aromatic carbocycles. The lowest BCUT2D eigenvalue weighted by atomic mass is 10.1. The molecule has 0 amide bonds. The number of methoxy groups -OCH3 is 1. The molecule has 2 fully saturated rings. The van der Waals surface area contributed by atoms with E-state index in [9.17, 15) is 4.79 Å². The summed E-state index contributed by atoms with van der Waals surface area (Å²) in [5, 5.41) is 13.9. The molecule has 2 atom stereocenters. The number of aromatic nitrogens is 5. The van der Waals surface area contributed by atoms with Crippen LogP contribution in [0.25, 0.3) is 10.9 Å². The number of pyridine rings is 1. The predicted molar refractivity (Wildman–Crippen MR) is 129 cm³/mol. The van der Waals surface area contributed by atoms with Crippen molar-refractivity contribution >= 4 is 10.9 Å². The first kappa shape index (κ1) is 23.0. The Morgan fingerprint density at radius 2 is 2.09 bits per heavy atom. The summed E-state index contributed by atoms with van der Waals surface area (Å²) in [6.45, 7) is 4.20. The van der Waals surface area contributed by atoms with Crippen molar-refractivity contribution in [3.8, 4) is 5.75 Å². The zero-order valence-electron chi connectivity index (χ0n) is 20.1. The van der Waals surface area contributed by atoms with Crippen LogP contribution in [0.5, 0.6) is 5.75 Å². The Balaban J connectivity index is 1.49. The Morgan fingerprint density at radius 1 is 1.24 bits per heavy atom. The molecule has 1 saturated heterocycles. The van der Waals surface area contributed by atoms with Crippen LogP contribution in [-0.4, -0.2) is 56.5 Å². The minimum atomic E-state index is -0.0692. The normalized spacial score (nSPS) is 19.9. The quantitative estimate of drug-likeness (QED) is 0.512. The molecular formula is C25H34N6O3. The summed E-state index contributed by atoms with van der Waals surface area (Å²) in [6, 6.07) is 8.04. The average Bonchev–Trinajstić information content (AvgIpc) is 3.62. The van der Waals surface area contributed by atoms with E-state index in [4.69, 9.17) is 9.47 Å². The van der Waals surface area contributed by atoms with Crippen LogP contribution in [-0.2, 0) is 11.3 Å². The van der Waals surface area contributed by atoms with Crippen LogP contribution in [0, 0.1) is 0 Å². The molecule has 3 aromatic rings. The molecule has 3 heterocycles. The van der Waals surface area contributed by atoms with Crippen molar-refractivity contribution in [3.63, 3.8) is 0 Å². The van der Waals surface area contributed by atoms with E-state index in [1.807, 2.05) is 28.9 Å². The summed E-state index contributed by atoms with van der Waals surface area (Å²) < 4.78 is 13.4. The van der Waals surface area contributed by atoms with Gasteiger partial charge in [-0.3, -0.25) is 9.69 Å². The molecule has 1 saturated carbocycles. The van der Waals surface area contributed by atoms with Crippen LogP contribution in [0.4, 0.5) is 0 Å². The molecule has 182 valence electrons. The molecule has 1 N–H and O–H groups in total. The van der Waals surface area contributed by atoms with E-state index >= 15 is 0 Å². The molecule has 1 aliphatic heterocycles. The molecule has 2 aromatic heterocycles. The molecule has 9 heteroatoms. The lowest BCUT2D eigenvalue weighted by molar-refractivity contribution is 0.0484. The van der Waals surface area contributed by atoms with E-state index in [0.717, 1.165) is 73.3 Å². The minimum absolute atomic E-state index is 0.000191. The van der Waals surface area contributed by atoms with E-state index in [1.54, 1.807) is 7.11 Å². The monoisotopic (exact) mass is 466 g/mol. The summed E-state index contributed by atoms with van der Waals surface area (Å²) in [6.07, 6.45) is 7.78. The number of nitrogens with one attached hydrogen (secondary N) is 1. The highest BCUT2D eigenvalue weighted by molar-refractivity contribution is 5.80. The van der Waals surface area contributed by atoms with E-state index in [0.29, 0.717) is 12.6 Å². The van der Waals surface area contributed by atoms with Gasteiger partial charge in [0.05, 0.1) is 25.3 Å². The lowest BCUT2D eigenvalue weighted by Gasteiger charge is -2.32. The van der Waals surface area contributed by atoms with Crippen LogP contribution < -0.4 is 10.3 Å². The van der Waals surface area contributed by atoms with Gasteiger partial charge in [-0.1, -0.05) is 19.8 Å². The van der Waals surface area contributed by atoms with Crippen molar-refractivity contribution in [2.24, 2.45) is 0 Å². The second kappa shape index (κ2) is 10.2. The number of ether oxygens (including phenoxy) is 2. The van der Waals surface area contributed by atoms with Gasteiger partial charge in [-0.05, 0) is 66.8 Å². The highest BCUT2D eigenvalue weighted by atomic mass is 16.5. The van der Waals surface area contributed by atoms with Crippen LogP contribution in [0.2, 0.25) is 0 Å². The number of rotatable bonds is 9. The van der Waals surface area contributed by atoms with Gasteiger partial charge in [-0.25, -0.2) is 4.68 Å². The zero-order valence-corrected chi connectivity index (χ0v) is 20.1. The van der Waals surface area contributed by atoms with Crippen molar-refractivity contribution in [1.29, 1.82) is 0 Å². The van der Waals surface area contributed by atoms with Crippen LogP contribution in [0.15, 0.2) is 29.1 Å². The van der Waals surface area contributed by atoms with Crippen molar-refractivity contribution < 1.29 is 9.47 Å². The number of fused-ring (bicyclic) bond motifs is 1. The third-order valence-electron chi connectivity index (χ3n) is 7.28. The first-order valence-corrected chi connectivity index (χ1v) is 12.5. The maximum absolute atomic E-state index is 13.0. The molecule has 1 aliphatic carbocycles. The highest BCUT2D eigenvalue weighted by Crippen LogP contribution is 2.33. The van der Waals surface area contributed by atoms with Crippen molar-refractivity contribution in [2.45, 2.75) is 76.6 Å². The first-order valence-electron chi connectivity index (χ1n) is 12.5. The Hall–Kier alpha value is -2.78.